The van der Waals surface area contributed by atoms with Gasteiger partial charge in [-0.3, -0.25) is 0 Å². The standard InChI is InChI=1S/2C14H11BrN4O.2BrH.Cu/c2*15-12-5-2-1-4-11(12)10-18-8-9-19(14(18)20)13-16-6-3-7-17-13;;;/h2*1-9H,10H2;2*1H;/q;;;;+2/p-2. The Morgan fingerprint density at radius 1 is 0.581 bits per heavy atom. The number of halogens is 4. The molecular formula is C28H22Br4CuN8O2. The normalized spacial score (nSPS) is 9.91. The minimum Gasteiger partial charge on any atom is -1.00 e. The maximum atomic E-state index is 12.3. The van der Waals surface area contributed by atoms with Crippen molar-refractivity contribution in [2.75, 3.05) is 0 Å². The van der Waals surface area contributed by atoms with Gasteiger partial charge in [-0.15, -0.1) is 0 Å². The van der Waals surface area contributed by atoms with E-state index in [1.165, 1.54) is 9.13 Å². The van der Waals surface area contributed by atoms with Crippen LogP contribution in [0.4, 0.5) is 0 Å². The fraction of sp³-hybridized carbons (Fsp3) is 0.0714. The van der Waals surface area contributed by atoms with Gasteiger partial charge in [0.15, 0.2) is 0 Å². The summed E-state index contributed by atoms with van der Waals surface area (Å²) in [6.45, 7) is 1.00. The van der Waals surface area contributed by atoms with Gasteiger partial charge in [-0.2, -0.15) is 29.1 Å². The Kier molecular flexibility index (Phi) is 14.7. The fourth-order valence-corrected chi connectivity index (χ4v) is 4.64. The molecule has 0 N–H and O–H groups in total. The van der Waals surface area contributed by atoms with Crippen molar-refractivity contribution in [3.8, 4) is 23.9 Å². The van der Waals surface area contributed by atoms with Crippen LogP contribution in [0.25, 0.3) is 11.9 Å². The third-order valence-electron chi connectivity index (χ3n) is 5.83. The molecule has 2 aromatic carbocycles. The second kappa shape index (κ2) is 17.4. The largest absolute Gasteiger partial charge is 2.00 e. The van der Waals surface area contributed by atoms with E-state index in [0.717, 1.165) is 20.1 Å². The summed E-state index contributed by atoms with van der Waals surface area (Å²) < 4.78 is 8.06. The molecule has 0 amide bonds. The van der Waals surface area contributed by atoms with Crippen LogP contribution in [-0.2, 0) is 30.2 Å². The minimum atomic E-state index is -0.160. The van der Waals surface area contributed by atoms with Crippen molar-refractivity contribution in [2.24, 2.45) is 0 Å². The molecule has 0 aliphatic rings. The number of nitrogens with zero attached hydrogens (tertiary/aromatic N) is 8. The van der Waals surface area contributed by atoms with E-state index in [-0.39, 0.29) is 63.1 Å². The van der Waals surface area contributed by atoms with Crippen LogP contribution in [0, 0.1) is 0 Å². The van der Waals surface area contributed by atoms with Crippen LogP contribution >= 0.6 is 31.9 Å². The first-order valence-corrected chi connectivity index (χ1v) is 13.7. The minimum absolute atomic E-state index is 0. The Bertz CT molecular complexity index is 1600. The van der Waals surface area contributed by atoms with Gasteiger partial charge in [0.25, 0.3) is 0 Å². The van der Waals surface area contributed by atoms with E-state index in [1.807, 2.05) is 48.5 Å². The summed E-state index contributed by atoms with van der Waals surface area (Å²) in [7, 11) is 0. The van der Waals surface area contributed by atoms with Gasteiger partial charge in [-0.1, -0.05) is 68.3 Å². The molecule has 0 fully saturated rings. The molecule has 4 aromatic heterocycles. The van der Waals surface area contributed by atoms with Crippen LogP contribution in [0.5, 0.6) is 12.0 Å². The van der Waals surface area contributed by atoms with E-state index in [2.05, 4.69) is 51.8 Å². The fourth-order valence-electron chi connectivity index (χ4n) is 3.82. The van der Waals surface area contributed by atoms with Crippen LogP contribution in [-0.4, -0.2) is 29.1 Å². The van der Waals surface area contributed by atoms with Crippen LogP contribution in [0.1, 0.15) is 11.1 Å². The van der Waals surface area contributed by atoms with Crippen molar-refractivity contribution < 1.29 is 70.4 Å². The molecule has 1 radical (unpaired) electrons. The van der Waals surface area contributed by atoms with E-state index in [4.69, 9.17) is 0 Å². The summed E-state index contributed by atoms with van der Waals surface area (Å²) in [5, 5.41) is 24.6. The summed E-state index contributed by atoms with van der Waals surface area (Å²) >= 11 is 6.97. The molecule has 4 heterocycles. The Balaban J connectivity index is 0.000000281. The Labute approximate surface area is 296 Å². The molecule has 0 aliphatic heterocycles. The molecular weight excluding hydrogens is 864 g/mol. The molecule has 0 saturated carbocycles. The molecule has 10 nitrogen and oxygen atoms in total. The van der Waals surface area contributed by atoms with Crippen molar-refractivity contribution >= 4 is 31.9 Å². The molecule has 0 unspecified atom stereocenters. The smallest absolute Gasteiger partial charge is 1.00 e. The quantitative estimate of drug-likeness (QED) is 0.129. The van der Waals surface area contributed by atoms with Crippen molar-refractivity contribution in [1.29, 1.82) is 0 Å². The number of rotatable bonds is 6. The topological polar surface area (TPSA) is 115 Å². The molecule has 225 valence electrons. The molecule has 0 spiro atoms. The van der Waals surface area contributed by atoms with Crippen LogP contribution in [0.15, 0.2) is 119 Å². The maximum absolute atomic E-state index is 12.3. The van der Waals surface area contributed by atoms with Gasteiger partial charge < -0.3 is 44.2 Å². The van der Waals surface area contributed by atoms with E-state index in [9.17, 15) is 10.2 Å². The Hall–Kier alpha value is -2.94. The van der Waals surface area contributed by atoms with Gasteiger partial charge in [0.1, 0.15) is 37.9 Å². The van der Waals surface area contributed by atoms with E-state index < -0.39 is 0 Å². The molecule has 0 bridgehead atoms. The van der Waals surface area contributed by atoms with Crippen molar-refractivity contribution in [3.05, 3.63) is 130 Å². The molecule has 0 aliphatic carbocycles. The van der Waals surface area contributed by atoms with Crippen LogP contribution in [0.3, 0.4) is 0 Å². The molecule has 15 heteroatoms. The number of aromatic nitrogens is 8. The number of hydrogen-bond acceptors (Lipinski definition) is 6. The van der Waals surface area contributed by atoms with Gasteiger partial charge in [0, 0.05) is 44.9 Å². The first kappa shape index (κ1) is 36.3. The van der Waals surface area contributed by atoms with Gasteiger partial charge in [0.2, 0.25) is 12.0 Å². The predicted octanol–water partition coefficient (Wildman–Crippen LogP) is -3.12. The molecule has 6 aromatic rings. The number of benzene rings is 2. The number of imidazole rings is 2. The van der Waals surface area contributed by atoms with Crippen LogP contribution < -0.4 is 53.3 Å². The average Bonchev–Trinajstić information content (AvgIpc) is 3.54. The summed E-state index contributed by atoms with van der Waals surface area (Å²) in [4.78, 5) is 16.3. The van der Waals surface area contributed by atoms with E-state index >= 15 is 0 Å². The van der Waals surface area contributed by atoms with Crippen LogP contribution in [0.2, 0.25) is 0 Å². The Morgan fingerprint density at radius 2 is 0.930 bits per heavy atom. The molecule has 43 heavy (non-hydrogen) atoms. The summed E-state index contributed by atoms with van der Waals surface area (Å²) in [5.74, 6) is 0.756. The van der Waals surface area contributed by atoms with Crippen molar-refractivity contribution in [1.82, 2.24) is 29.1 Å². The van der Waals surface area contributed by atoms with Gasteiger partial charge in [-0.05, 0) is 24.3 Å². The second-order valence-corrected chi connectivity index (χ2v) is 10.1. The van der Waals surface area contributed by atoms with Gasteiger partial charge >= 0.3 is 29.0 Å². The number of hydrogen-bond donors (Lipinski definition) is 0. The summed E-state index contributed by atoms with van der Waals surface area (Å²) in [6.07, 6.45) is 13.3. The van der Waals surface area contributed by atoms with E-state index in [1.54, 1.807) is 70.8 Å². The maximum Gasteiger partial charge on any atom is 2.00 e. The third kappa shape index (κ3) is 9.03. The first-order chi connectivity index (χ1) is 19.5. The SMILES string of the molecule is [Br-].[Br-].[Cu+2].[O-]c1n(-c2ncccn2)cc[n+]1Cc1ccccc1Br.[O-]c1n(-c2ncccn2)cc[n+]1Cc1ccccc1Br. The Morgan fingerprint density at radius 3 is 1.28 bits per heavy atom. The van der Waals surface area contributed by atoms with Crippen molar-refractivity contribution in [2.45, 2.75) is 13.1 Å². The first-order valence-electron chi connectivity index (χ1n) is 12.1. The molecule has 0 saturated heterocycles. The second-order valence-electron chi connectivity index (χ2n) is 8.44. The van der Waals surface area contributed by atoms with E-state index in [0.29, 0.717) is 25.0 Å². The summed E-state index contributed by atoms with van der Waals surface area (Å²) in [5.41, 5.74) is 2.09. The zero-order valence-electron chi connectivity index (χ0n) is 22.0. The van der Waals surface area contributed by atoms with Crippen molar-refractivity contribution in [3.63, 3.8) is 0 Å². The van der Waals surface area contributed by atoms with Gasteiger partial charge in [-0.25, -0.2) is 9.13 Å². The zero-order valence-corrected chi connectivity index (χ0v) is 29.3. The molecule has 6 rings (SSSR count). The summed E-state index contributed by atoms with van der Waals surface area (Å²) in [6, 6.07) is 18.8. The van der Waals surface area contributed by atoms with Gasteiger partial charge in [0.05, 0.1) is 0 Å². The zero-order chi connectivity index (χ0) is 27.9. The third-order valence-corrected chi connectivity index (χ3v) is 7.37. The average molecular weight is 886 g/mol. The predicted molar refractivity (Wildman–Crippen MR) is 148 cm³/mol. The molecule has 0 atom stereocenters. The monoisotopic (exact) mass is 881 g/mol.